The molecular weight excluding hydrogens is 232 g/mol. The van der Waals surface area contributed by atoms with Crippen molar-refractivity contribution in [3.63, 3.8) is 0 Å². The molecule has 1 heterocycles. The maximum absolute atomic E-state index is 6.25. The van der Waals surface area contributed by atoms with Gasteiger partial charge >= 0.3 is 0 Å². The molecule has 0 spiro atoms. The van der Waals surface area contributed by atoms with Gasteiger partial charge < -0.3 is 9.47 Å². The SMILES string of the molecule is CCN(CC)CCn1ccc2cccc(Cl)c21. The molecule has 0 bridgehead atoms. The second-order valence-corrected chi connectivity index (χ2v) is 4.62. The zero-order valence-electron chi connectivity index (χ0n) is 10.5. The van der Waals surface area contributed by atoms with Crippen LogP contribution >= 0.6 is 11.6 Å². The molecule has 0 N–H and O–H groups in total. The Balaban J connectivity index is 2.19. The van der Waals surface area contributed by atoms with Crippen LogP contribution in [-0.4, -0.2) is 29.1 Å². The summed E-state index contributed by atoms with van der Waals surface area (Å²) in [6, 6.07) is 8.19. The predicted molar refractivity (Wildman–Crippen MR) is 74.7 cm³/mol. The molecule has 0 unspecified atom stereocenters. The summed E-state index contributed by atoms with van der Waals surface area (Å²) >= 11 is 6.25. The van der Waals surface area contributed by atoms with Gasteiger partial charge in [-0.3, -0.25) is 0 Å². The van der Waals surface area contributed by atoms with Gasteiger partial charge in [0.1, 0.15) is 0 Å². The first-order valence-electron chi connectivity index (χ1n) is 6.22. The van der Waals surface area contributed by atoms with Gasteiger partial charge in [-0.1, -0.05) is 37.6 Å². The highest BCUT2D eigenvalue weighted by Crippen LogP contribution is 2.24. The zero-order chi connectivity index (χ0) is 12.3. The van der Waals surface area contributed by atoms with E-state index in [2.05, 4.69) is 41.6 Å². The molecule has 0 radical (unpaired) electrons. The minimum absolute atomic E-state index is 0.840. The fourth-order valence-corrected chi connectivity index (χ4v) is 2.48. The minimum Gasteiger partial charge on any atom is -0.345 e. The first-order valence-corrected chi connectivity index (χ1v) is 6.59. The lowest BCUT2D eigenvalue weighted by Crippen LogP contribution is -2.26. The first-order chi connectivity index (χ1) is 8.26. The van der Waals surface area contributed by atoms with E-state index in [1.807, 2.05) is 12.1 Å². The van der Waals surface area contributed by atoms with Gasteiger partial charge in [0.15, 0.2) is 0 Å². The lowest BCUT2D eigenvalue weighted by molar-refractivity contribution is 0.292. The number of fused-ring (bicyclic) bond motifs is 1. The summed E-state index contributed by atoms with van der Waals surface area (Å²) in [5.74, 6) is 0. The lowest BCUT2D eigenvalue weighted by Gasteiger charge is -2.18. The number of para-hydroxylation sites is 1. The smallest absolute Gasteiger partial charge is 0.0670 e. The zero-order valence-corrected chi connectivity index (χ0v) is 11.2. The van der Waals surface area contributed by atoms with Crippen molar-refractivity contribution < 1.29 is 0 Å². The summed E-state index contributed by atoms with van der Waals surface area (Å²) in [6.07, 6.45) is 2.13. The Morgan fingerprint density at radius 3 is 2.65 bits per heavy atom. The molecule has 1 aromatic heterocycles. The van der Waals surface area contributed by atoms with Crippen molar-refractivity contribution in [3.8, 4) is 0 Å². The third-order valence-corrected chi connectivity index (χ3v) is 3.60. The molecule has 2 nitrogen and oxygen atoms in total. The Morgan fingerprint density at radius 1 is 1.18 bits per heavy atom. The number of hydrogen-bond acceptors (Lipinski definition) is 1. The van der Waals surface area contributed by atoms with Crippen LogP contribution < -0.4 is 0 Å². The van der Waals surface area contributed by atoms with E-state index in [-0.39, 0.29) is 0 Å². The van der Waals surface area contributed by atoms with E-state index in [4.69, 9.17) is 11.6 Å². The lowest BCUT2D eigenvalue weighted by atomic mass is 10.2. The molecule has 0 saturated carbocycles. The van der Waals surface area contributed by atoms with Crippen LogP contribution in [0.1, 0.15) is 13.8 Å². The number of hydrogen-bond donors (Lipinski definition) is 0. The first kappa shape index (κ1) is 12.5. The molecule has 0 fully saturated rings. The Bertz CT molecular complexity index is 486. The second-order valence-electron chi connectivity index (χ2n) is 4.21. The number of benzene rings is 1. The fourth-order valence-electron chi connectivity index (χ4n) is 2.19. The number of rotatable bonds is 5. The van der Waals surface area contributed by atoms with E-state index >= 15 is 0 Å². The summed E-state index contributed by atoms with van der Waals surface area (Å²) in [6.45, 7) is 8.66. The number of halogens is 1. The molecule has 1 aromatic carbocycles. The Hall–Kier alpha value is -0.990. The highest BCUT2D eigenvalue weighted by Gasteiger charge is 2.06. The van der Waals surface area contributed by atoms with Gasteiger partial charge in [-0.2, -0.15) is 0 Å². The molecule has 0 aliphatic carbocycles. The summed E-state index contributed by atoms with van der Waals surface area (Å²) in [5.41, 5.74) is 1.15. The van der Waals surface area contributed by atoms with Crippen molar-refractivity contribution >= 4 is 22.5 Å². The highest BCUT2D eigenvalue weighted by molar-refractivity contribution is 6.35. The molecule has 0 aliphatic rings. The normalized spacial score (nSPS) is 11.5. The Labute approximate surface area is 108 Å². The van der Waals surface area contributed by atoms with E-state index in [0.717, 1.165) is 36.7 Å². The van der Waals surface area contributed by atoms with E-state index in [9.17, 15) is 0 Å². The van der Waals surface area contributed by atoms with Crippen LogP contribution in [-0.2, 0) is 6.54 Å². The summed E-state index contributed by atoms with van der Waals surface area (Å²) < 4.78 is 2.25. The van der Waals surface area contributed by atoms with Crippen molar-refractivity contribution in [2.24, 2.45) is 0 Å². The predicted octanol–water partition coefficient (Wildman–Crippen LogP) is 3.64. The number of likely N-dealkylation sites (N-methyl/N-ethyl adjacent to an activating group) is 1. The van der Waals surface area contributed by atoms with Gasteiger partial charge in [0, 0.05) is 24.7 Å². The molecule has 92 valence electrons. The summed E-state index contributed by atoms with van der Waals surface area (Å²) in [7, 11) is 0. The summed E-state index contributed by atoms with van der Waals surface area (Å²) in [5, 5.41) is 2.06. The topological polar surface area (TPSA) is 8.17 Å². The fraction of sp³-hybridized carbons (Fsp3) is 0.429. The molecule has 2 aromatic rings. The molecule has 3 heteroatoms. The van der Waals surface area contributed by atoms with E-state index in [1.165, 1.54) is 5.39 Å². The number of nitrogens with zero attached hydrogens (tertiary/aromatic N) is 2. The monoisotopic (exact) mass is 250 g/mol. The minimum atomic E-state index is 0.840. The summed E-state index contributed by atoms with van der Waals surface area (Å²) in [4.78, 5) is 2.42. The van der Waals surface area contributed by atoms with Crippen LogP contribution in [0.5, 0.6) is 0 Å². The van der Waals surface area contributed by atoms with E-state index in [0.29, 0.717) is 0 Å². The van der Waals surface area contributed by atoms with Crippen LogP contribution in [0.3, 0.4) is 0 Å². The van der Waals surface area contributed by atoms with Crippen LogP contribution in [0, 0.1) is 0 Å². The molecule has 0 amide bonds. The molecular formula is C14H19ClN2. The van der Waals surface area contributed by atoms with Gasteiger partial charge in [-0.25, -0.2) is 0 Å². The standard InChI is InChI=1S/C14H19ClN2/c1-3-16(4-2)10-11-17-9-8-12-6-5-7-13(15)14(12)17/h5-9H,3-4,10-11H2,1-2H3. The van der Waals surface area contributed by atoms with Crippen molar-refractivity contribution in [3.05, 3.63) is 35.5 Å². The molecule has 0 saturated heterocycles. The largest absolute Gasteiger partial charge is 0.345 e. The maximum atomic E-state index is 6.25. The van der Waals surface area contributed by atoms with Crippen LogP contribution in [0.4, 0.5) is 0 Å². The van der Waals surface area contributed by atoms with Crippen LogP contribution in [0.25, 0.3) is 10.9 Å². The van der Waals surface area contributed by atoms with Crippen molar-refractivity contribution in [2.75, 3.05) is 19.6 Å². The average molecular weight is 251 g/mol. The van der Waals surface area contributed by atoms with Gasteiger partial charge in [0.2, 0.25) is 0 Å². The van der Waals surface area contributed by atoms with Gasteiger partial charge in [0.05, 0.1) is 10.5 Å². The highest BCUT2D eigenvalue weighted by atomic mass is 35.5. The van der Waals surface area contributed by atoms with Crippen molar-refractivity contribution in [1.29, 1.82) is 0 Å². The number of aromatic nitrogens is 1. The second kappa shape index (κ2) is 5.56. The molecule has 2 rings (SSSR count). The maximum Gasteiger partial charge on any atom is 0.0670 e. The van der Waals surface area contributed by atoms with Crippen molar-refractivity contribution in [2.45, 2.75) is 20.4 Å². The van der Waals surface area contributed by atoms with Gasteiger partial charge in [0.25, 0.3) is 0 Å². The average Bonchev–Trinajstić information content (AvgIpc) is 2.75. The van der Waals surface area contributed by atoms with Gasteiger partial charge in [-0.05, 0) is 25.2 Å². The Kier molecular flexibility index (Phi) is 4.08. The van der Waals surface area contributed by atoms with Crippen LogP contribution in [0.2, 0.25) is 5.02 Å². The molecule has 0 aliphatic heterocycles. The van der Waals surface area contributed by atoms with E-state index < -0.39 is 0 Å². The Morgan fingerprint density at radius 2 is 1.94 bits per heavy atom. The molecule has 0 atom stereocenters. The van der Waals surface area contributed by atoms with Crippen molar-refractivity contribution in [1.82, 2.24) is 9.47 Å². The van der Waals surface area contributed by atoms with Gasteiger partial charge in [-0.15, -0.1) is 0 Å². The van der Waals surface area contributed by atoms with Crippen LogP contribution in [0.15, 0.2) is 30.5 Å². The molecule has 17 heavy (non-hydrogen) atoms. The van der Waals surface area contributed by atoms with E-state index in [1.54, 1.807) is 0 Å². The quantitative estimate of drug-likeness (QED) is 0.787. The third kappa shape index (κ3) is 2.64. The third-order valence-electron chi connectivity index (χ3n) is 3.29.